The molecular formula is C14H15BrN4O2. The Kier molecular flexibility index (Phi) is 3.44. The number of nitrogens with two attached hydrogens (primary N) is 1. The molecule has 0 atom stereocenters. The minimum atomic E-state index is -0.370. The highest BCUT2D eigenvalue weighted by Crippen LogP contribution is 2.34. The van der Waals surface area contributed by atoms with Crippen molar-refractivity contribution >= 4 is 27.4 Å². The number of aromatic nitrogens is 2. The number of fused-ring (bicyclic) bond motifs is 1. The summed E-state index contributed by atoms with van der Waals surface area (Å²) < 4.78 is 2.53. The molecule has 2 N–H and O–H groups in total. The van der Waals surface area contributed by atoms with Crippen LogP contribution in [0.3, 0.4) is 0 Å². The average Bonchev–Trinajstić information content (AvgIpc) is 2.76. The molecule has 1 aromatic carbocycles. The molecule has 0 aliphatic heterocycles. The quantitative estimate of drug-likeness (QED) is 0.664. The largest absolute Gasteiger partial charge is 0.382 e. The predicted molar refractivity (Wildman–Crippen MR) is 83.7 cm³/mol. The smallest absolute Gasteiger partial charge is 0.274 e. The Morgan fingerprint density at radius 3 is 2.81 bits per heavy atom. The summed E-state index contributed by atoms with van der Waals surface area (Å²) in [4.78, 5) is 10.8. The van der Waals surface area contributed by atoms with Gasteiger partial charge in [0.15, 0.2) is 0 Å². The van der Waals surface area contributed by atoms with Crippen molar-refractivity contribution in [2.75, 3.05) is 5.73 Å². The van der Waals surface area contributed by atoms with Crippen molar-refractivity contribution in [3.63, 3.8) is 0 Å². The van der Waals surface area contributed by atoms with Crippen LogP contribution in [-0.2, 0) is 12.8 Å². The van der Waals surface area contributed by atoms with E-state index in [1.807, 2.05) is 0 Å². The van der Waals surface area contributed by atoms with E-state index in [4.69, 9.17) is 5.73 Å². The van der Waals surface area contributed by atoms with Crippen molar-refractivity contribution in [2.45, 2.75) is 32.6 Å². The molecule has 3 rings (SSSR count). The van der Waals surface area contributed by atoms with Gasteiger partial charge in [0.25, 0.3) is 5.69 Å². The first-order valence-electron chi connectivity index (χ1n) is 6.80. The number of rotatable bonds is 2. The molecule has 110 valence electrons. The van der Waals surface area contributed by atoms with Crippen LogP contribution in [0.5, 0.6) is 0 Å². The predicted octanol–water partition coefficient (Wildman–Crippen LogP) is 3.31. The van der Waals surface area contributed by atoms with Crippen LogP contribution >= 0.6 is 15.9 Å². The van der Waals surface area contributed by atoms with Crippen LogP contribution in [0, 0.1) is 17.0 Å². The summed E-state index contributed by atoms with van der Waals surface area (Å²) in [6, 6.07) is 3.31. The first-order chi connectivity index (χ1) is 9.99. The first kappa shape index (κ1) is 14.1. The number of anilines is 1. The molecule has 0 unspecified atom stereocenters. The lowest BCUT2D eigenvalue weighted by Crippen LogP contribution is -2.09. The molecule has 0 saturated carbocycles. The van der Waals surface area contributed by atoms with E-state index in [-0.39, 0.29) is 10.6 Å². The number of nitrogen functional groups attached to an aromatic ring is 1. The number of nitro groups is 1. The topological polar surface area (TPSA) is 87.0 Å². The molecule has 21 heavy (non-hydrogen) atoms. The van der Waals surface area contributed by atoms with Crippen molar-refractivity contribution in [1.82, 2.24) is 9.78 Å². The van der Waals surface area contributed by atoms with Crippen molar-refractivity contribution in [3.8, 4) is 5.69 Å². The molecule has 6 nitrogen and oxygen atoms in total. The van der Waals surface area contributed by atoms with Gasteiger partial charge in [0.05, 0.1) is 10.6 Å². The van der Waals surface area contributed by atoms with Gasteiger partial charge in [0, 0.05) is 27.4 Å². The molecule has 1 aliphatic carbocycles. The molecule has 1 heterocycles. The number of aryl methyl sites for hydroxylation is 1. The SMILES string of the molecule is Cc1cc(Br)c(-n2nc(N)c3c2CCCC3)cc1[N+](=O)[O-]. The van der Waals surface area contributed by atoms with E-state index in [9.17, 15) is 10.1 Å². The van der Waals surface area contributed by atoms with Crippen LogP contribution in [0.1, 0.15) is 29.7 Å². The van der Waals surface area contributed by atoms with Gasteiger partial charge in [-0.15, -0.1) is 0 Å². The Morgan fingerprint density at radius 2 is 2.10 bits per heavy atom. The second kappa shape index (κ2) is 5.14. The zero-order valence-electron chi connectivity index (χ0n) is 11.6. The molecule has 2 aromatic rings. The van der Waals surface area contributed by atoms with Crippen LogP contribution in [0.2, 0.25) is 0 Å². The minimum Gasteiger partial charge on any atom is -0.382 e. The van der Waals surface area contributed by atoms with E-state index in [1.165, 1.54) is 0 Å². The third-order valence-electron chi connectivity index (χ3n) is 3.90. The molecule has 0 saturated heterocycles. The molecular weight excluding hydrogens is 336 g/mol. The molecule has 0 amide bonds. The molecule has 0 radical (unpaired) electrons. The van der Waals surface area contributed by atoms with E-state index < -0.39 is 0 Å². The molecule has 1 aromatic heterocycles. The second-order valence-electron chi connectivity index (χ2n) is 5.28. The van der Waals surface area contributed by atoms with Gasteiger partial charge in [-0.05, 0) is 54.6 Å². The number of hydrogen-bond acceptors (Lipinski definition) is 4. The van der Waals surface area contributed by atoms with Gasteiger partial charge in [-0.1, -0.05) is 0 Å². The zero-order chi connectivity index (χ0) is 15.1. The highest BCUT2D eigenvalue weighted by atomic mass is 79.9. The van der Waals surface area contributed by atoms with Crippen molar-refractivity contribution < 1.29 is 4.92 Å². The maximum atomic E-state index is 11.1. The standard InChI is InChI=1S/C14H15BrN4O2/c1-8-6-10(15)13(7-12(8)19(20)21)18-11-5-3-2-4-9(11)14(16)17-18/h6-7H,2-5H2,1H3,(H2,16,17). The first-order valence-corrected chi connectivity index (χ1v) is 7.59. The van der Waals surface area contributed by atoms with Crippen LogP contribution < -0.4 is 5.73 Å². The Morgan fingerprint density at radius 1 is 1.38 bits per heavy atom. The summed E-state index contributed by atoms with van der Waals surface area (Å²) in [5, 5.41) is 15.5. The Labute approximate surface area is 130 Å². The lowest BCUT2D eigenvalue weighted by atomic mass is 9.97. The normalized spacial score (nSPS) is 14.0. The molecule has 0 fully saturated rings. The number of hydrogen-bond donors (Lipinski definition) is 1. The van der Waals surface area contributed by atoms with Crippen LogP contribution in [0.15, 0.2) is 16.6 Å². The fourth-order valence-corrected chi connectivity index (χ4v) is 3.46. The number of nitrogens with zero attached hydrogens (tertiary/aromatic N) is 3. The monoisotopic (exact) mass is 350 g/mol. The summed E-state index contributed by atoms with van der Waals surface area (Å²) in [5.74, 6) is 0.528. The molecule has 0 spiro atoms. The van der Waals surface area contributed by atoms with E-state index in [1.54, 1.807) is 23.7 Å². The molecule has 0 bridgehead atoms. The third kappa shape index (κ3) is 2.31. The van der Waals surface area contributed by atoms with Gasteiger partial charge in [0.1, 0.15) is 5.82 Å². The Bertz CT molecular complexity index is 739. The van der Waals surface area contributed by atoms with Crippen LogP contribution in [-0.4, -0.2) is 14.7 Å². The van der Waals surface area contributed by atoms with E-state index >= 15 is 0 Å². The highest BCUT2D eigenvalue weighted by molar-refractivity contribution is 9.10. The average molecular weight is 351 g/mol. The second-order valence-corrected chi connectivity index (χ2v) is 6.13. The fourth-order valence-electron chi connectivity index (χ4n) is 2.84. The number of nitro benzene ring substituents is 1. The molecule has 1 aliphatic rings. The summed E-state index contributed by atoms with van der Waals surface area (Å²) in [5.41, 5.74) is 9.52. The van der Waals surface area contributed by atoms with E-state index in [2.05, 4.69) is 21.0 Å². The zero-order valence-corrected chi connectivity index (χ0v) is 13.2. The van der Waals surface area contributed by atoms with Gasteiger partial charge in [0.2, 0.25) is 0 Å². The highest BCUT2D eigenvalue weighted by Gasteiger charge is 2.23. The van der Waals surface area contributed by atoms with Crippen molar-refractivity contribution in [1.29, 1.82) is 0 Å². The summed E-state index contributed by atoms with van der Waals surface area (Å²) in [7, 11) is 0. The van der Waals surface area contributed by atoms with Gasteiger partial charge in [-0.2, -0.15) is 5.10 Å². The fraction of sp³-hybridized carbons (Fsp3) is 0.357. The van der Waals surface area contributed by atoms with Gasteiger partial charge < -0.3 is 5.73 Å². The maximum absolute atomic E-state index is 11.1. The van der Waals surface area contributed by atoms with E-state index in [0.29, 0.717) is 17.1 Å². The summed E-state index contributed by atoms with van der Waals surface area (Å²) in [6.07, 6.45) is 4.02. The van der Waals surface area contributed by atoms with Crippen molar-refractivity contribution in [2.24, 2.45) is 0 Å². The maximum Gasteiger partial charge on any atom is 0.274 e. The summed E-state index contributed by atoms with van der Waals surface area (Å²) >= 11 is 3.48. The Balaban J connectivity index is 2.21. The van der Waals surface area contributed by atoms with Gasteiger partial charge in [-0.3, -0.25) is 10.1 Å². The van der Waals surface area contributed by atoms with Gasteiger partial charge in [-0.25, -0.2) is 4.68 Å². The van der Waals surface area contributed by atoms with Crippen LogP contribution in [0.25, 0.3) is 5.69 Å². The lowest BCUT2D eigenvalue weighted by Gasteiger charge is -2.15. The van der Waals surface area contributed by atoms with Gasteiger partial charge >= 0.3 is 0 Å². The summed E-state index contributed by atoms with van der Waals surface area (Å²) in [6.45, 7) is 1.72. The van der Waals surface area contributed by atoms with Crippen molar-refractivity contribution in [3.05, 3.63) is 43.5 Å². The minimum absolute atomic E-state index is 0.0897. The third-order valence-corrected chi connectivity index (χ3v) is 4.54. The lowest BCUT2D eigenvalue weighted by molar-refractivity contribution is -0.385. The number of halogens is 1. The number of benzene rings is 1. The van der Waals surface area contributed by atoms with E-state index in [0.717, 1.165) is 41.4 Å². The van der Waals surface area contributed by atoms with Crippen LogP contribution in [0.4, 0.5) is 11.5 Å². The molecule has 7 heteroatoms. The Hall–Kier alpha value is -1.89.